The average Bonchev–Trinajstić information content (AvgIpc) is 3.28. The molecule has 4 rings (SSSR count). The van der Waals surface area contributed by atoms with Crippen molar-refractivity contribution in [3.05, 3.63) is 78.6 Å². The van der Waals surface area contributed by atoms with Crippen LogP contribution in [0, 0.1) is 0 Å². The number of nitrogens with zero attached hydrogens (tertiary/aromatic N) is 2. The smallest absolute Gasteiger partial charge is 0.140 e. The Balaban J connectivity index is 1.35. The van der Waals surface area contributed by atoms with Gasteiger partial charge in [-0.3, -0.25) is 4.90 Å². The fourth-order valence-electron chi connectivity index (χ4n) is 4.11. The molecule has 168 valence electrons. The predicted octanol–water partition coefficient (Wildman–Crippen LogP) is 4.48. The van der Waals surface area contributed by atoms with Crippen molar-refractivity contribution in [2.24, 2.45) is 0 Å². The molecule has 1 saturated heterocycles. The molecule has 6 heteroatoms. The number of aromatic nitrogens is 1. The number of ether oxygens (including phenoxy) is 2. The van der Waals surface area contributed by atoms with Gasteiger partial charge >= 0.3 is 0 Å². The summed E-state index contributed by atoms with van der Waals surface area (Å²) in [4.78, 5) is 2.35. The van der Waals surface area contributed by atoms with Gasteiger partial charge in [-0.1, -0.05) is 48.1 Å². The third-order valence-corrected chi connectivity index (χ3v) is 5.94. The summed E-state index contributed by atoms with van der Waals surface area (Å²) in [6.45, 7) is 6.62. The van der Waals surface area contributed by atoms with Crippen LogP contribution in [0.3, 0.4) is 0 Å². The second kappa shape index (κ2) is 10.0. The normalized spacial score (nSPS) is 15.9. The first-order valence-corrected chi connectivity index (χ1v) is 10.9. The highest BCUT2D eigenvalue weighted by Gasteiger charge is 2.34. The Morgan fingerprint density at radius 2 is 1.97 bits per heavy atom. The molecule has 0 amide bonds. The van der Waals surface area contributed by atoms with Crippen molar-refractivity contribution in [2.45, 2.75) is 31.4 Å². The highest BCUT2D eigenvalue weighted by Crippen LogP contribution is 2.30. The number of hydrogen-bond donors (Lipinski definition) is 1. The summed E-state index contributed by atoms with van der Waals surface area (Å²) < 4.78 is 16.6. The van der Waals surface area contributed by atoms with Crippen LogP contribution in [-0.4, -0.2) is 47.6 Å². The zero-order valence-electron chi connectivity index (χ0n) is 18.5. The molecule has 0 atom stereocenters. The van der Waals surface area contributed by atoms with Gasteiger partial charge in [0.1, 0.15) is 29.6 Å². The molecule has 2 heterocycles. The molecule has 6 nitrogen and oxygen atoms in total. The van der Waals surface area contributed by atoms with Crippen molar-refractivity contribution in [3.63, 3.8) is 0 Å². The first-order chi connectivity index (χ1) is 15.6. The number of aliphatic hydroxyl groups is 1. The SMILES string of the molecule is C=CCOc1ccccc1CN1CCC(O)(Cc2cc(-c3cccc(OC)c3)no2)CC1. The van der Waals surface area contributed by atoms with E-state index in [1.54, 1.807) is 13.2 Å². The maximum Gasteiger partial charge on any atom is 0.140 e. The number of hydrogen-bond acceptors (Lipinski definition) is 6. The van der Waals surface area contributed by atoms with Crippen LogP contribution in [0.1, 0.15) is 24.2 Å². The first-order valence-electron chi connectivity index (χ1n) is 10.9. The molecular weight excluding hydrogens is 404 g/mol. The van der Waals surface area contributed by atoms with Crippen molar-refractivity contribution in [2.75, 3.05) is 26.8 Å². The largest absolute Gasteiger partial charge is 0.497 e. The monoisotopic (exact) mass is 434 g/mol. The minimum Gasteiger partial charge on any atom is -0.497 e. The van der Waals surface area contributed by atoms with Gasteiger partial charge in [0.15, 0.2) is 0 Å². The van der Waals surface area contributed by atoms with E-state index in [0.717, 1.165) is 48.0 Å². The number of benzene rings is 2. The maximum absolute atomic E-state index is 11.2. The fourth-order valence-corrected chi connectivity index (χ4v) is 4.11. The van der Waals surface area contributed by atoms with Gasteiger partial charge < -0.3 is 19.1 Å². The second-order valence-electron chi connectivity index (χ2n) is 8.30. The van der Waals surface area contributed by atoms with Crippen LogP contribution in [0.25, 0.3) is 11.3 Å². The molecule has 0 unspecified atom stereocenters. The van der Waals surface area contributed by atoms with E-state index in [9.17, 15) is 5.11 Å². The van der Waals surface area contributed by atoms with E-state index in [0.29, 0.717) is 31.6 Å². The first kappa shape index (κ1) is 22.1. The summed E-state index contributed by atoms with van der Waals surface area (Å²) in [7, 11) is 1.64. The molecule has 1 aliphatic rings. The lowest BCUT2D eigenvalue weighted by Gasteiger charge is -2.37. The van der Waals surface area contributed by atoms with Crippen LogP contribution >= 0.6 is 0 Å². The van der Waals surface area contributed by atoms with Crippen molar-refractivity contribution >= 4 is 0 Å². The van der Waals surface area contributed by atoms with Crippen molar-refractivity contribution in [3.8, 4) is 22.8 Å². The standard InChI is InChI=1S/C26H30N2O4/c1-3-15-31-25-10-5-4-7-21(25)19-28-13-11-26(29,12-14-28)18-23-17-24(27-32-23)20-8-6-9-22(16-20)30-2/h3-10,16-17,29H,1,11-15,18-19H2,2H3. The summed E-state index contributed by atoms with van der Waals surface area (Å²) in [5, 5.41) is 15.4. The summed E-state index contributed by atoms with van der Waals surface area (Å²) >= 11 is 0. The fraction of sp³-hybridized carbons (Fsp3) is 0.346. The minimum absolute atomic E-state index is 0.455. The van der Waals surface area contributed by atoms with Gasteiger partial charge in [0, 0.05) is 43.2 Å². The molecule has 1 fully saturated rings. The van der Waals surface area contributed by atoms with Gasteiger partial charge in [0.05, 0.1) is 12.7 Å². The van der Waals surface area contributed by atoms with Crippen LogP contribution in [0.4, 0.5) is 0 Å². The second-order valence-corrected chi connectivity index (χ2v) is 8.30. The molecule has 2 aromatic carbocycles. The number of methoxy groups -OCH3 is 1. The molecule has 0 spiro atoms. The predicted molar refractivity (Wildman–Crippen MR) is 124 cm³/mol. The zero-order chi connectivity index (χ0) is 22.4. The topological polar surface area (TPSA) is 68.0 Å². The van der Waals surface area contributed by atoms with Gasteiger partial charge in [-0.25, -0.2) is 0 Å². The number of para-hydroxylation sites is 1. The number of rotatable bonds is 9. The highest BCUT2D eigenvalue weighted by molar-refractivity contribution is 5.60. The Bertz CT molecular complexity index is 1040. The van der Waals surface area contributed by atoms with Gasteiger partial charge in [0.2, 0.25) is 0 Å². The van der Waals surface area contributed by atoms with E-state index >= 15 is 0 Å². The van der Waals surface area contributed by atoms with Crippen LogP contribution in [0.5, 0.6) is 11.5 Å². The highest BCUT2D eigenvalue weighted by atomic mass is 16.5. The van der Waals surface area contributed by atoms with E-state index in [4.69, 9.17) is 14.0 Å². The van der Waals surface area contributed by atoms with Crippen molar-refractivity contribution < 1.29 is 19.1 Å². The zero-order valence-corrected chi connectivity index (χ0v) is 18.5. The lowest BCUT2D eigenvalue weighted by atomic mass is 9.87. The van der Waals surface area contributed by atoms with Crippen molar-refractivity contribution in [1.82, 2.24) is 10.1 Å². The summed E-state index contributed by atoms with van der Waals surface area (Å²) in [6, 6.07) is 17.7. The minimum atomic E-state index is -0.791. The van der Waals surface area contributed by atoms with E-state index in [-0.39, 0.29) is 0 Å². The summed E-state index contributed by atoms with van der Waals surface area (Å²) in [5.41, 5.74) is 2.04. The quantitative estimate of drug-likeness (QED) is 0.501. The average molecular weight is 435 g/mol. The van der Waals surface area contributed by atoms with Gasteiger partial charge in [-0.05, 0) is 31.0 Å². The summed E-state index contributed by atoms with van der Waals surface area (Å²) in [6.07, 6.45) is 3.56. The molecule has 0 bridgehead atoms. The Morgan fingerprint density at radius 1 is 1.16 bits per heavy atom. The molecule has 1 N–H and O–H groups in total. The van der Waals surface area contributed by atoms with Crippen LogP contribution in [0.2, 0.25) is 0 Å². The number of likely N-dealkylation sites (tertiary alicyclic amines) is 1. The molecular formula is C26H30N2O4. The third kappa shape index (κ3) is 5.39. The van der Waals surface area contributed by atoms with Crippen LogP contribution in [-0.2, 0) is 13.0 Å². The molecule has 1 aliphatic heterocycles. The Morgan fingerprint density at radius 3 is 2.75 bits per heavy atom. The molecule has 32 heavy (non-hydrogen) atoms. The van der Waals surface area contributed by atoms with E-state index < -0.39 is 5.60 Å². The molecule has 3 aromatic rings. The van der Waals surface area contributed by atoms with Gasteiger partial charge in [0.25, 0.3) is 0 Å². The third-order valence-electron chi connectivity index (χ3n) is 5.94. The van der Waals surface area contributed by atoms with E-state index in [1.165, 1.54) is 0 Å². The van der Waals surface area contributed by atoms with Gasteiger partial charge in [-0.15, -0.1) is 0 Å². The van der Waals surface area contributed by atoms with E-state index in [2.05, 4.69) is 22.7 Å². The van der Waals surface area contributed by atoms with Crippen LogP contribution < -0.4 is 9.47 Å². The lowest BCUT2D eigenvalue weighted by Crippen LogP contribution is -2.45. The molecule has 0 aliphatic carbocycles. The number of piperidine rings is 1. The Hall–Kier alpha value is -3.09. The Labute approximate surface area is 189 Å². The molecule has 0 saturated carbocycles. The van der Waals surface area contributed by atoms with Crippen LogP contribution in [0.15, 0.2) is 71.8 Å². The lowest BCUT2D eigenvalue weighted by molar-refractivity contribution is -0.0266. The van der Waals surface area contributed by atoms with E-state index in [1.807, 2.05) is 48.5 Å². The Kier molecular flexibility index (Phi) is 6.93. The molecule has 0 radical (unpaired) electrons. The summed E-state index contributed by atoms with van der Waals surface area (Å²) in [5.74, 6) is 2.36. The molecule has 1 aromatic heterocycles. The maximum atomic E-state index is 11.2. The van der Waals surface area contributed by atoms with Gasteiger partial charge in [-0.2, -0.15) is 0 Å². The van der Waals surface area contributed by atoms with Crippen molar-refractivity contribution in [1.29, 1.82) is 0 Å².